The van der Waals surface area contributed by atoms with Gasteiger partial charge in [0.2, 0.25) is 0 Å². The van der Waals surface area contributed by atoms with Crippen LogP contribution in [0.2, 0.25) is 0 Å². The zero-order chi connectivity index (χ0) is 17.0. The topological polar surface area (TPSA) is 49.3 Å². The maximum absolute atomic E-state index is 12.5. The van der Waals surface area contributed by atoms with Gasteiger partial charge in [0.15, 0.2) is 0 Å². The molecule has 0 amide bonds. The molecule has 0 saturated carbocycles. The molecule has 128 valence electrons. The lowest BCUT2D eigenvalue weighted by molar-refractivity contribution is -0.143. The van der Waals surface area contributed by atoms with E-state index in [2.05, 4.69) is 5.32 Å². The summed E-state index contributed by atoms with van der Waals surface area (Å²) in [4.78, 5) is 11.1. The van der Waals surface area contributed by atoms with Crippen molar-refractivity contribution in [3.05, 3.63) is 35.4 Å². The van der Waals surface area contributed by atoms with Gasteiger partial charge in [0.25, 0.3) is 0 Å². The van der Waals surface area contributed by atoms with E-state index < -0.39 is 17.7 Å². The molecule has 2 N–H and O–H groups in total. The lowest BCUT2D eigenvalue weighted by Crippen LogP contribution is -2.41. The summed E-state index contributed by atoms with van der Waals surface area (Å²) in [6.45, 7) is 2.53. The van der Waals surface area contributed by atoms with Gasteiger partial charge in [-0.05, 0) is 55.8 Å². The van der Waals surface area contributed by atoms with Crippen LogP contribution in [0.25, 0.3) is 0 Å². The van der Waals surface area contributed by atoms with Gasteiger partial charge in [-0.1, -0.05) is 19.1 Å². The predicted molar refractivity (Wildman–Crippen MR) is 81.1 cm³/mol. The lowest BCUT2D eigenvalue weighted by Gasteiger charge is -2.32. The summed E-state index contributed by atoms with van der Waals surface area (Å²) in [6, 6.07) is 5.47. The maximum Gasteiger partial charge on any atom is 0.416 e. The van der Waals surface area contributed by atoms with Crippen LogP contribution >= 0.6 is 0 Å². The van der Waals surface area contributed by atoms with E-state index >= 15 is 0 Å². The number of rotatable bonds is 5. The smallest absolute Gasteiger partial charge is 0.416 e. The van der Waals surface area contributed by atoms with E-state index in [1.54, 1.807) is 6.92 Å². The van der Waals surface area contributed by atoms with Gasteiger partial charge < -0.3 is 10.4 Å². The molecule has 3 atom stereocenters. The molecule has 1 aromatic carbocycles. The molecule has 1 aliphatic heterocycles. The van der Waals surface area contributed by atoms with Gasteiger partial charge >= 0.3 is 12.1 Å². The number of carboxylic acid groups (broad SMARTS) is 1. The number of halogens is 3. The van der Waals surface area contributed by atoms with E-state index in [1.165, 1.54) is 12.1 Å². The predicted octanol–water partition coefficient (Wildman–Crippen LogP) is 3.73. The van der Waals surface area contributed by atoms with E-state index in [0.717, 1.165) is 43.5 Å². The highest BCUT2D eigenvalue weighted by Crippen LogP contribution is 2.30. The van der Waals surface area contributed by atoms with E-state index in [-0.39, 0.29) is 17.9 Å². The summed E-state index contributed by atoms with van der Waals surface area (Å²) in [5.41, 5.74) is 0.237. The molecule has 0 aromatic heterocycles. The van der Waals surface area contributed by atoms with Crippen LogP contribution in [0, 0.1) is 11.8 Å². The summed E-state index contributed by atoms with van der Waals surface area (Å²) in [5.74, 6) is -0.963. The van der Waals surface area contributed by atoms with Crippen molar-refractivity contribution in [3.63, 3.8) is 0 Å². The van der Waals surface area contributed by atoms with Crippen molar-refractivity contribution < 1.29 is 23.1 Å². The minimum Gasteiger partial charge on any atom is -0.481 e. The third-order valence-corrected chi connectivity index (χ3v) is 4.69. The Morgan fingerprint density at radius 3 is 2.57 bits per heavy atom. The molecule has 0 bridgehead atoms. The summed E-state index contributed by atoms with van der Waals surface area (Å²) in [6.07, 6.45) is -1.17. The third kappa shape index (κ3) is 4.96. The monoisotopic (exact) mass is 329 g/mol. The molecule has 6 heteroatoms. The Morgan fingerprint density at radius 1 is 1.35 bits per heavy atom. The van der Waals surface area contributed by atoms with E-state index in [4.69, 9.17) is 5.11 Å². The molecule has 0 radical (unpaired) electrons. The van der Waals surface area contributed by atoms with Crippen LogP contribution in [-0.4, -0.2) is 23.7 Å². The number of alkyl halides is 3. The molecule has 0 aliphatic carbocycles. The van der Waals surface area contributed by atoms with Gasteiger partial charge in [0, 0.05) is 6.04 Å². The first-order valence-corrected chi connectivity index (χ1v) is 7.89. The number of piperidine rings is 1. The van der Waals surface area contributed by atoms with E-state index in [9.17, 15) is 18.0 Å². The van der Waals surface area contributed by atoms with Crippen LogP contribution < -0.4 is 5.32 Å². The first kappa shape index (κ1) is 17.8. The number of aliphatic carboxylic acids is 1. The highest BCUT2D eigenvalue weighted by Gasteiger charge is 2.30. The van der Waals surface area contributed by atoms with Crippen LogP contribution in [0.3, 0.4) is 0 Å². The fourth-order valence-corrected chi connectivity index (χ4v) is 3.12. The standard InChI is InChI=1S/C17H22F3NO2/c1-11(16(22)23)13-8-9-21-15(10-13)7-4-12-2-5-14(6-3-12)17(18,19)20/h2-3,5-6,11,13,15,21H,4,7-10H2,1H3,(H,22,23)/t11?,13-,15-/m0/s1. The number of hydrogen-bond donors (Lipinski definition) is 2. The number of carboxylic acids is 1. The van der Waals surface area contributed by atoms with Crippen LogP contribution in [0.1, 0.15) is 37.3 Å². The second-order valence-electron chi connectivity index (χ2n) is 6.30. The fourth-order valence-electron chi connectivity index (χ4n) is 3.12. The average molecular weight is 329 g/mol. The molecule has 1 aliphatic rings. The second kappa shape index (κ2) is 7.34. The summed E-state index contributed by atoms with van der Waals surface area (Å²) < 4.78 is 37.6. The van der Waals surface area contributed by atoms with Crippen molar-refractivity contribution in [1.82, 2.24) is 5.32 Å². The van der Waals surface area contributed by atoms with Crippen LogP contribution in [-0.2, 0) is 17.4 Å². The van der Waals surface area contributed by atoms with Crippen molar-refractivity contribution in [3.8, 4) is 0 Å². The highest BCUT2D eigenvalue weighted by molar-refractivity contribution is 5.69. The van der Waals surface area contributed by atoms with Gasteiger partial charge in [0.05, 0.1) is 11.5 Å². The van der Waals surface area contributed by atoms with Crippen LogP contribution in [0.5, 0.6) is 0 Å². The number of hydrogen-bond acceptors (Lipinski definition) is 2. The Bertz CT molecular complexity index is 528. The molecule has 1 saturated heterocycles. The molecule has 3 nitrogen and oxygen atoms in total. The molecule has 1 unspecified atom stereocenters. The molecule has 1 fully saturated rings. The third-order valence-electron chi connectivity index (χ3n) is 4.69. The molecule has 1 aromatic rings. The van der Waals surface area contributed by atoms with Crippen LogP contribution in [0.15, 0.2) is 24.3 Å². The first-order valence-electron chi connectivity index (χ1n) is 7.89. The number of nitrogens with one attached hydrogen (secondary N) is 1. The number of aryl methyl sites for hydroxylation is 1. The van der Waals surface area contributed by atoms with Gasteiger partial charge in [-0.15, -0.1) is 0 Å². The maximum atomic E-state index is 12.5. The lowest BCUT2D eigenvalue weighted by atomic mass is 9.81. The largest absolute Gasteiger partial charge is 0.481 e. The van der Waals surface area contributed by atoms with E-state index in [0.29, 0.717) is 6.42 Å². The first-order chi connectivity index (χ1) is 10.8. The number of benzene rings is 1. The quantitative estimate of drug-likeness (QED) is 0.865. The Balaban J connectivity index is 1.87. The average Bonchev–Trinajstić information content (AvgIpc) is 2.52. The summed E-state index contributed by atoms with van der Waals surface area (Å²) >= 11 is 0. The second-order valence-corrected chi connectivity index (χ2v) is 6.30. The Kier molecular flexibility index (Phi) is 5.68. The minimum atomic E-state index is -4.30. The fraction of sp³-hybridized carbons (Fsp3) is 0.588. The van der Waals surface area contributed by atoms with Crippen LogP contribution in [0.4, 0.5) is 13.2 Å². The van der Waals surface area contributed by atoms with Crippen molar-refractivity contribution in [2.75, 3.05) is 6.54 Å². The highest BCUT2D eigenvalue weighted by atomic mass is 19.4. The molecular weight excluding hydrogens is 307 g/mol. The van der Waals surface area contributed by atoms with Crippen molar-refractivity contribution in [2.24, 2.45) is 11.8 Å². The van der Waals surface area contributed by atoms with E-state index in [1.807, 2.05) is 0 Å². The molecule has 23 heavy (non-hydrogen) atoms. The zero-order valence-corrected chi connectivity index (χ0v) is 13.1. The van der Waals surface area contributed by atoms with Gasteiger partial charge in [-0.2, -0.15) is 13.2 Å². The van der Waals surface area contributed by atoms with Crippen molar-refractivity contribution in [1.29, 1.82) is 0 Å². The molecular formula is C17H22F3NO2. The Hall–Kier alpha value is -1.56. The minimum absolute atomic E-state index is 0.159. The van der Waals surface area contributed by atoms with Gasteiger partial charge in [-0.25, -0.2) is 0 Å². The molecule has 2 rings (SSSR count). The number of carbonyl (C=O) groups is 1. The van der Waals surface area contributed by atoms with Crippen molar-refractivity contribution in [2.45, 2.75) is 44.8 Å². The van der Waals surface area contributed by atoms with Crippen molar-refractivity contribution >= 4 is 5.97 Å². The van der Waals surface area contributed by atoms with Gasteiger partial charge in [0.1, 0.15) is 0 Å². The van der Waals surface area contributed by atoms with Gasteiger partial charge in [-0.3, -0.25) is 4.79 Å². The Morgan fingerprint density at radius 2 is 2.00 bits per heavy atom. The normalized spacial score (nSPS) is 23.5. The molecule has 0 spiro atoms. The summed E-state index contributed by atoms with van der Waals surface area (Å²) in [5, 5.41) is 12.5. The molecule has 1 heterocycles. The zero-order valence-electron chi connectivity index (χ0n) is 13.1. The SMILES string of the molecule is CC(C(=O)O)[C@H]1CCN[C@@H](CCc2ccc(C(F)(F)F)cc2)C1. The summed E-state index contributed by atoms with van der Waals surface area (Å²) in [7, 11) is 0. The Labute approximate surface area is 133 Å².